The maximum absolute atomic E-state index is 11.3. The van der Waals surface area contributed by atoms with Crippen LogP contribution >= 0.6 is 0 Å². The van der Waals surface area contributed by atoms with Gasteiger partial charge in [0.2, 0.25) is 0 Å². The third-order valence-electron chi connectivity index (χ3n) is 1.68. The van der Waals surface area contributed by atoms with Gasteiger partial charge in [-0.3, -0.25) is 9.59 Å². The van der Waals surface area contributed by atoms with Crippen molar-refractivity contribution >= 4 is 11.9 Å². The van der Waals surface area contributed by atoms with Gasteiger partial charge in [-0.05, 0) is 6.92 Å². The van der Waals surface area contributed by atoms with Gasteiger partial charge in [0.25, 0.3) is 0 Å². The molecule has 0 amide bonds. The third-order valence-corrected chi connectivity index (χ3v) is 1.68. The fraction of sp³-hybridized carbons (Fsp3) is 0.556. The number of carbonyl (C=O) groups is 2. The van der Waals surface area contributed by atoms with Gasteiger partial charge >= 0.3 is 11.9 Å². The molecule has 0 unspecified atom stereocenters. The van der Waals surface area contributed by atoms with E-state index in [-0.39, 0.29) is 6.61 Å². The number of carboxylic acid groups (broad SMARTS) is 1. The van der Waals surface area contributed by atoms with Gasteiger partial charge in [0.1, 0.15) is 12.0 Å². The molecule has 0 radical (unpaired) electrons. The van der Waals surface area contributed by atoms with E-state index in [0.717, 1.165) is 0 Å². The first-order valence-corrected chi connectivity index (χ1v) is 4.39. The number of nitrogens with one attached hydrogen (secondary N) is 1. The van der Waals surface area contributed by atoms with Crippen LogP contribution in [0.25, 0.3) is 0 Å². The number of hydroxylamine groups is 1. The smallest absolute Gasteiger partial charge is 0.324 e. The Bertz CT molecular complexity index is 241. The van der Waals surface area contributed by atoms with E-state index in [1.165, 1.54) is 13.2 Å². The lowest BCUT2D eigenvalue weighted by Gasteiger charge is -2.19. The fourth-order valence-electron chi connectivity index (χ4n) is 1.01. The van der Waals surface area contributed by atoms with Crippen molar-refractivity contribution in [1.82, 2.24) is 5.48 Å². The monoisotopic (exact) mass is 217 g/mol. The van der Waals surface area contributed by atoms with Gasteiger partial charge in [0.15, 0.2) is 0 Å². The number of rotatable bonds is 7. The largest absolute Gasteiger partial charge is 0.480 e. The highest BCUT2D eigenvalue weighted by molar-refractivity contribution is 5.84. The van der Waals surface area contributed by atoms with E-state index >= 15 is 0 Å². The van der Waals surface area contributed by atoms with Crippen molar-refractivity contribution in [3.05, 3.63) is 12.7 Å². The molecule has 0 bridgehead atoms. The highest BCUT2D eigenvalue weighted by Gasteiger charge is 2.32. The number of aliphatic carboxylic acids is 1. The van der Waals surface area contributed by atoms with Gasteiger partial charge in [-0.1, -0.05) is 6.08 Å². The van der Waals surface area contributed by atoms with Crippen LogP contribution < -0.4 is 5.48 Å². The Morgan fingerprint density at radius 1 is 1.60 bits per heavy atom. The van der Waals surface area contributed by atoms with Gasteiger partial charge in [0, 0.05) is 0 Å². The van der Waals surface area contributed by atoms with Gasteiger partial charge < -0.3 is 14.7 Å². The standard InChI is InChI=1S/C9H15NO5/c1-4-6(9(13)15-5-2)7(8(11)12)10-14-3/h4,6-7,10H,1,5H2,2-3H3,(H,11,12)/t6-,7+/m1/s1. The topological polar surface area (TPSA) is 84.9 Å². The first-order chi connectivity index (χ1) is 7.08. The van der Waals surface area contributed by atoms with Crippen molar-refractivity contribution in [2.45, 2.75) is 13.0 Å². The molecule has 0 saturated heterocycles. The van der Waals surface area contributed by atoms with Crippen LogP contribution in [0.5, 0.6) is 0 Å². The highest BCUT2D eigenvalue weighted by Crippen LogP contribution is 2.08. The van der Waals surface area contributed by atoms with Crippen LogP contribution in [-0.2, 0) is 19.2 Å². The number of hydrogen-bond acceptors (Lipinski definition) is 5. The Morgan fingerprint density at radius 3 is 2.53 bits per heavy atom. The Kier molecular flexibility index (Phi) is 6.32. The van der Waals surface area contributed by atoms with Crippen molar-refractivity contribution < 1.29 is 24.3 Å². The lowest BCUT2D eigenvalue weighted by atomic mass is 10.0. The third kappa shape index (κ3) is 4.09. The number of carboxylic acids is 1. The van der Waals surface area contributed by atoms with Crippen LogP contribution in [0.2, 0.25) is 0 Å². The van der Waals surface area contributed by atoms with Gasteiger partial charge in [-0.15, -0.1) is 6.58 Å². The molecule has 0 heterocycles. The molecule has 6 heteroatoms. The van der Waals surface area contributed by atoms with Crippen molar-refractivity contribution in [1.29, 1.82) is 0 Å². The molecule has 0 spiro atoms. The lowest BCUT2D eigenvalue weighted by Crippen LogP contribution is -2.45. The van der Waals surface area contributed by atoms with Crippen LogP contribution in [0.1, 0.15) is 6.92 Å². The van der Waals surface area contributed by atoms with Crippen molar-refractivity contribution in [3.8, 4) is 0 Å². The average molecular weight is 217 g/mol. The van der Waals surface area contributed by atoms with E-state index in [9.17, 15) is 9.59 Å². The molecule has 0 aliphatic carbocycles. The Labute approximate surface area is 87.8 Å². The second-order valence-electron chi connectivity index (χ2n) is 2.65. The van der Waals surface area contributed by atoms with Gasteiger partial charge in [-0.25, -0.2) is 0 Å². The van der Waals surface area contributed by atoms with Crippen LogP contribution in [0.15, 0.2) is 12.7 Å². The first-order valence-electron chi connectivity index (χ1n) is 4.39. The van der Waals surface area contributed by atoms with Crippen LogP contribution in [0.4, 0.5) is 0 Å². The minimum Gasteiger partial charge on any atom is -0.480 e. The maximum Gasteiger partial charge on any atom is 0.324 e. The molecule has 0 aromatic rings. The molecular formula is C9H15NO5. The quantitative estimate of drug-likeness (QED) is 0.353. The van der Waals surface area contributed by atoms with E-state index in [1.807, 2.05) is 0 Å². The fourth-order valence-corrected chi connectivity index (χ4v) is 1.01. The Hall–Kier alpha value is -1.40. The zero-order valence-electron chi connectivity index (χ0n) is 8.73. The summed E-state index contributed by atoms with van der Waals surface area (Å²) in [6.07, 6.45) is 1.21. The highest BCUT2D eigenvalue weighted by atomic mass is 16.6. The molecule has 0 aliphatic heterocycles. The number of hydrogen-bond donors (Lipinski definition) is 2. The molecule has 0 aromatic heterocycles. The molecule has 6 nitrogen and oxygen atoms in total. The van der Waals surface area contributed by atoms with Crippen molar-refractivity contribution in [3.63, 3.8) is 0 Å². The molecule has 0 fully saturated rings. The summed E-state index contributed by atoms with van der Waals surface area (Å²) in [5.74, 6) is -2.85. The van der Waals surface area contributed by atoms with Crippen LogP contribution in [0.3, 0.4) is 0 Å². The molecule has 2 atom stereocenters. The molecule has 0 aliphatic rings. The molecule has 0 rings (SSSR count). The molecule has 0 aromatic carbocycles. The van der Waals surface area contributed by atoms with Crippen molar-refractivity contribution in [2.24, 2.45) is 5.92 Å². The summed E-state index contributed by atoms with van der Waals surface area (Å²) < 4.78 is 4.70. The Morgan fingerprint density at radius 2 is 2.20 bits per heavy atom. The SMILES string of the molecule is C=C[C@@H](C(=O)OCC)[C@H](NOC)C(=O)O. The zero-order valence-corrected chi connectivity index (χ0v) is 8.73. The average Bonchev–Trinajstić information content (AvgIpc) is 2.18. The van der Waals surface area contributed by atoms with Crippen LogP contribution in [0, 0.1) is 5.92 Å². The zero-order chi connectivity index (χ0) is 11.8. The molecule has 2 N–H and O–H groups in total. The second kappa shape index (κ2) is 6.97. The van der Waals surface area contributed by atoms with E-state index in [2.05, 4.69) is 16.9 Å². The van der Waals surface area contributed by atoms with E-state index in [0.29, 0.717) is 0 Å². The van der Waals surface area contributed by atoms with Gasteiger partial charge in [-0.2, -0.15) is 5.48 Å². The first kappa shape index (κ1) is 13.6. The van der Waals surface area contributed by atoms with Crippen LogP contribution in [-0.4, -0.2) is 36.8 Å². The van der Waals surface area contributed by atoms with Gasteiger partial charge in [0.05, 0.1) is 13.7 Å². The van der Waals surface area contributed by atoms with E-state index in [1.54, 1.807) is 6.92 Å². The minimum atomic E-state index is -1.21. The lowest BCUT2D eigenvalue weighted by molar-refractivity contribution is -0.156. The maximum atomic E-state index is 11.3. The predicted molar refractivity (Wildman–Crippen MR) is 51.9 cm³/mol. The number of ether oxygens (including phenoxy) is 1. The second-order valence-corrected chi connectivity index (χ2v) is 2.65. The number of carbonyl (C=O) groups excluding carboxylic acids is 1. The Balaban J connectivity index is 4.65. The molecular weight excluding hydrogens is 202 g/mol. The summed E-state index contributed by atoms with van der Waals surface area (Å²) in [6, 6.07) is -1.20. The predicted octanol–water partition coefficient (Wildman–Crippen LogP) is -0.0441. The molecule has 86 valence electrons. The summed E-state index contributed by atoms with van der Waals surface area (Å²) >= 11 is 0. The summed E-state index contributed by atoms with van der Waals surface area (Å²) in [6.45, 7) is 5.21. The summed E-state index contributed by atoms with van der Waals surface area (Å²) in [5.41, 5.74) is 2.20. The minimum absolute atomic E-state index is 0.183. The number of esters is 1. The van der Waals surface area contributed by atoms with Crippen molar-refractivity contribution in [2.75, 3.05) is 13.7 Å². The summed E-state index contributed by atoms with van der Waals surface area (Å²) in [7, 11) is 1.27. The molecule has 15 heavy (non-hydrogen) atoms. The van der Waals surface area contributed by atoms with E-state index < -0.39 is 23.9 Å². The molecule has 0 saturated carbocycles. The summed E-state index contributed by atoms with van der Waals surface area (Å²) in [4.78, 5) is 26.6. The normalized spacial score (nSPS) is 14.0. The van der Waals surface area contributed by atoms with E-state index in [4.69, 9.17) is 9.84 Å². The summed E-state index contributed by atoms with van der Waals surface area (Å²) in [5, 5.41) is 8.82.